The summed E-state index contributed by atoms with van der Waals surface area (Å²) in [6, 6.07) is 18.5. The largest absolute Gasteiger partial charge is 0.461 e. The predicted octanol–water partition coefficient (Wildman–Crippen LogP) is 5.55. The van der Waals surface area contributed by atoms with Crippen molar-refractivity contribution in [3.63, 3.8) is 0 Å². The lowest BCUT2D eigenvalue weighted by atomic mass is 9.81. The van der Waals surface area contributed by atoms with Gasteiger partial charge < -0.3 is 19.4 Å². The van der Waals surface area contributed by atoms with Crippen LogP contribution in [0.15, 0.2) is 60.7 Å². The molecular weight excluding hydrogens is 767 g/mol. The molecule has 290 valence electrons. The molecule has 0 radical (unpaired) electrons. The molecule has 0 bridgehead atoms. The molecule has 4 aromatic rings. The fourth-order valence-corrected chi connectivity index (χ4v) is 14.5. The van der Waals surface area contributed by atoms with Crippen LogP contribution in [0.25, 0.3) is 10.9 Å². The summed E-state index contributed by atoms with van der Waals surface area (Å²) >= 11 is 13.0. The summed E-state index contributed by atoms with van der Waals surface area (Å²) < 4.78 is 44.4. The quantitative estimate of drug-likeness (QED) is 0.127. The normalized spacial score (nSPS) is 25.8. The number of imide groups is 1. The van der Waals surface area contributed by atoms with Crippen LogP contribution in [-0.4, -0.2) is 96.2 Å². The van der Waals surface area contributed by atoms with Crippen molar-refractivity contribution in [2.75, 3.05) is 37.7 Å². The van der Waals surface area contributed by atoms with E-state index in [1.807, 2.05) is 41.3 Å². The van der Waals surface area contributed by atoms with Crippen molar-refractivity contribution >= 4 is 70.6 Å². The number of hydrogen-bond acceptors (Lipinski definition) is 9. The van der Waals surface area contributed by atoms with Crippen LogP contribution < -0.4 is 30.6 Å². The summed E-state index contributed by atoms with van der Waals surface area (Å²) in [6.07, 6.45) is 1.73. The predicted molar refractivity (Wildman–Crippen MR) is 209 cm³/mol. The lowest BCUT2D eigenvalue weighted by molar-refractivity contribution is -0.125. The van der Waals surface area contributed by atoms with E-state index in [2.05, 4.69) is 70.5 Å². The van der Waals surface area contributed by atoms with E-state index in [1.165, 1.54) is 0 Å². The van der Waals surface area contributed by atoms with Gasteiger partial charge in [-0.2, -0.15) is 9.97 Å². The molecule has 1 spiro atoms. The Morgan fingerprint density at radius 1 is 0.945 bits per heavy atom. The molecule has 16 heteroatoms. The number of hydrogen-bond donors (Lipinski definition) is 2. The number of piperidine rings is 1. The van der Waals surface area contributed by atoms with Crippen LogP contribution in [0, 0.1) is 5.82 Å². The number of rotatable bonds is 9. The minimum Gasteiger partial charge on any atom is -0.461 e. The highest BCUT2D eigenvalue weighted by Crippen LogP contribution is 2.44. The number of fused-ring (bicyclic) bond motifs is 2. The van der Waals surface area contributed by atoms with E-state index < -0.39 is 59.6 Å². The van der Waals surface area contributed by atoms with Gasteiger partial charge in [0.05, 0.1) is 23.6 Å². The molecule has 2 N–H and O–H groups in total. The third kappa shape index (κ3) is 6.33. The first kappa shape index (κ1) is 37.9. The van der Waals surface area contributed by atoms with E-state index in [4.69, 9.17) is 37.3 Å². The molecule has 4 atom stereocenters. The van der Waals surface area contributed by atoms with Gasteiger partial charge >= 0.3 is 12.0 Å². The molecule has 4 fully saturated rings. The number of anilines is 1. The minimum atomic E-state index is -3.19. The van der Waals surface area contributed by atoms with E-state index in [1.54, 1.807) is 0 Å². The number of benzene rings is 2. The molecule has 1 unspecified atom stereocenters. The summed E-state index contributed by atoms with van der Waals surface area (Å²) in [6.45, 7) is 7.92. The molecule has 4 saturated heterocycles. The Morgan fingerprint density at radius 3 is 2.25 bits per heavy atom. The fourth-order valence-electron chi connectivity index (χ4n) is 9.47. The molecule has 0 aliphatic carbocycles. The van der Waals surface area contributed by atoms with Gasteiger partial charge in [-0.15, -0.1) is 0 Å². The van der Waals surface area contributed by atoms with Crippen molar-refractivity contribution in [1.82, 2.24) is 30.5 Å². The number of nitrogens with one attached hydrogen (secondary N) is 2. The van der Waals surface area contributed by atoms with E-state index in [0.29, 0.717) is 32.4 Å². The van der Waals surface area contributed by atoms with Crippen LogP contribution in [0.5, 0.6) is 6.01 Å². The number of aromatic nitrogens is 3. The Kier molecular flexibility index (Phi) is 9.80. The zero-order valence-corrected chi connectivity index (χ0v) is 33.4. The first-order valence-electron chi connectivity index (χ1n) is 18.7. The number of carbonyl (C=O) groups is 2. The smallest absolute Gasteiger partial charge is 0.322 e. The summed E-state index contributed by atoms with van der Waals surface area (Å²) in [5.41, 5.74) is -2.20. The molecule has 2 aromatic heterocycles. The minimum absolute atomic E-state index is 0.0419. The summed E-state index contributed by atoms with van der Waals surface area (Å²) in [7, 11) is -3.19. The maximum absolute atomic E-state index is 16.0. The van der Waals surface area contributed by atoms with Gasteiger partial charge in [0.15, 0.2) is 11.0 Å². The summed E-state index contributed by atoms with van der Waals surface area (Å²) in [4.78, 5) is 44.3. The fraction of sp³-hybridized carbons (Fsp3) is 0.462. The van der Waals surface area contributed by atoms with Crippen LogP contribution in [-0.2, 0) is 9.22 Å². The topological polar surface area (TPSA) is 122 Å². The molecule has 6 heterocycles. The average Bonchev–Trinajstić information content (AvgIpc) is 3.78. The van der Waals surface area contributed by atoms with Gasteiger partial charge in [0.2, 0.25) is 0 Å². The van der Waals surface area contributed by atoms with Crippen molar-refractivity contribution in [1.29, 1.82) is 0 Å². The van der Waals surface area contributed by atoms with Crippen LogP contribution >= 0.6 is 23.2 Å². The number of urea groups is 1. The zero-order valence-electron chi connectivity index (χ0n) is 30.9. The van der Waals surface area contributed by atoms with E-state index in [0.717, 1.165) is 29.8 Å². The monoisotopic (exact) mass is 809 g/mol. The molecule has 3 amide bonds. The lowest BCUT2D eigenvalue weighted by Crippen LogP contribution is -2.71. The van der Waals surface area contributed by atoms with Crippen molar-refractivity contribution in [2.45, 2.75) is 81.2 Å². The summed E-state index contributed by atoms with van der Waals surface area (Å²) in [5, 5.41) is 6.49. The molecule has 11 nitrogen and oxygen atoms in total. The maximum atomic E-state index is 16.0. The zero-order chi connectivity index (χ0) is 38.8. The van der Waals surface area contributed by atoms with E-state index in [9.17, 15) is 14.0 Å². The Morgan fingerprint density at radius 2 is 1.62 bits per heavy atom. The Hall–Kier alpha value is -3.95. The number of nitrogens with zero attached hydrogens (tertiary/aromatic N) is 5. The third-order valence-corrected chi connectivity index (χ3v) is 17.5. The van der Waals surface area contributed by atoms with Crippen molar-refractivity contribution in [2.24, 2.45) is 0 Å². The lowest BCUT2D eigenvalue weighted by Gasteiger charge is -2.49. The van der Waals surface area contributed by atoms with Gasteiger partial charge in [-0.3, -0.25) is 15.0 Å². The van der Waals surface area contributed by atoms with Crippen LogP contribution in [0.4, 0.5) is 19.4 Å². The number of alkyl halides is 1. The number of halogens is 4. The second-order valence-electron chi connectivity index (χ2n) is 16.1. The highest BCUT2D eigenvalue weighted by atomic mass is 35.5. The second-order valence-corrected chi connectivity index (χ2v) is 21.1. The van der Waals surface area contributed by atoms with Gasteiger partial charge in [0.25, 0.3) is 14.2 Å². The SMILES string of the molecule is CC(C)(C)[Si](OC[C@H]1N(c2nc(OC[C@@]34CCCN3C[C@H](F)C4)nc3c(F)c(Cl)nc(Cl)c23)CCCC12NC(=O)NC2=O)(c1ccccc1)c1ccccc1. The highest BCUT2D eigenvalue weighted by Gasteiger charge is 2.58. The molecule has 8 rings (SSSR count). The van der Waals surface area contributed by atoms with Crippen molar-refractivity contribution < 1.29 is 27.5 Å². The average molecular weight is 811 g/mol. The molecule has 4 aliphatic rings. The number of pyridine rings is 1. The van der Waals surface area contributed by atoms with Gasteiger partial charge in [0, 0.05) is 19.5 Å². The number of ether oxygens (including phenoxy) is 1. The molecular formula is C39H43Cl2F2N7O4Si. The van der Waals surface area contributed by atoms with Crippen molar-refractivity contribution in [3.8, 4) is 6.01 Å². The van der Waals surface area contributed by atoms with E-state index in [-0.39, 0.29) is 41.1 Å². The molecule has 2 aromatic carbocycles. The van der Waals surface area contributed by atoms with Crippen LogP contribution in [0.1, 0.15) is 52.9 Å². The number of carbonyl (C=O) groups excluding carboxylic acids is 2. The maximum Gasteiger partial charge on any atom is 0.322 e. The molecule has 0 saturated carbocycles. The van der Waals surface area contributed by atoms with Gasteiger partial charge in [-0.05, 0) is 47.6 Å². The van der Waals surface area contributed by atoms with Gasteiger partial charge in [-0.25, -0.2) is 18.6 Å². The third-order valence-electron chi connectivity index (χ3n) is 11.9. The Labute approximate surface area is 329 Å². The first-order chi connectivity index (χ1) is 26.3. The summed E-state index contributed by atoms with van der Waals surface area (Å²) in [5.74, 6) is -1.28. The Bertz CT molecular complexity index is 2090. The van der Waals surface area contributed by atoms with Gasteiger partial charge in [-0.1, -0.05) is 105 Å². The molecule has 4 aliphatic heterocycles. The second kappa shape index (κ2) is 14.2. The van der Waals surface area contributed by atoms with Gasteiger partial charge in [0.1, 0.15) is 34.8 Å². The van der Waals surface area contributed by atoms with Crippen molar-refractivity contribution in [3.05, 3.63) is 76.8 Å². The number of amides is 3. The highest BCUT2D eigenvalue weighted by molar-refractivity contribution is 6.99. The standard InChI is InChI=1S/C39H43Cl2F2N7O4Si/c1-37(2,3)55(25-12-6-4-7-13-25,26-14-8-5-9-15-26)54-22-27-39(34(51)47-35(52)48-39)17-11-19-50(27)33-28-30(29(43)32(41)45-31(28)40)44-36(46-33)53-23-38-16-10-18-49(38)21-24(42)20-38/h4-9,12-15,24,27H,10-11,16-23H2,1-3H3,(H2,47,48,51,52)/t24-,27-,38+,39?/m1/s1. The van der Waals surface area contributed by atoms with Crippen LogP contribution in [0.2, 0.25) is 15.3 Å². The molecule has 55 heavy (non-hydrogen) atoms. The Balaban J connectivity index is 1.27. The van der Waals surface area contributed by atoms with Crippen LogP contribution in [0.3, 0.4) is 0 Å². The van der Waals surface area contributed by atoms with E-state index >= 15 is 4.39 Å². The first-order valence-corrected chi connectivity index (χ1v) is 21.3.